The van der Waals surface area contributed by atoms with Gasteiger partial charge in [0.2, 0.25) is 0 Å². The number of H-pyrrole nitrogens is 1. The standard InChI is InChI=1S/C23H22ClN7O/c1-30-13-15(12-27-30)17-7-6-16(10-18(17)24)28-22-21-20(8-9-26-23(21)32)31(29-22)19-5-3-2-4-14(19)11-25/h6-10,12-14,19H,2-5H2,1H3,(H,26,32)(H,28,29). The van der Waals surface area contributed by atoms with Crippen molar-refractivity contribution in [2.45, 2.75) is 31.7 Å². The van der Waals surface area contributed by atoms with Crippen molar-refractivity contribution in [1.29, 1.82) is 5.26 Å². The molecule has 3 aromatic heterocycles. The van der Waals surface area contributed by atoms with Crippen LogP contribution in [-0.4, -0.2) is 24.5 Å². The van der Waals surface area contributed by atoms with Gasteiger partial charge in [-0.25, -0.2) is 0 Å². The lowest BCUT2D eigenvalue weighted by atomic mass is 9.85. The molecule has 5 rings (SSSR count). The number of hydrogen-bond donors (Lipinski definition) is 2. The number of rotatable bonds is 4. The zero-order valence-electron chi connectivity index (χ0n) is 17.5. The molecule has 8 nitrogen and oxygen atoms in total. The van der Waals surface area contributed by atoms with E-state index in [4.69, 9.17) is 16.7 Å². The van der Waals surface area contributed by atoms with E-state index in [9.17, 15) is 10.1 Å². The zero-order valence-corrected chi connectivity index (χ0v) is 18.3. The van der Waals surface area contributed by atoms with Gasteiger partial charge in [0.15, 0.2) is 5.82 Å². The first kappa shape index (κ1) is 20.3. The number of aryl methyl sites for hydroxylation is 1. The van der Waals surface area contributed by atoms with Crippen molar-refractivity contribution in [1.82, 2.24) is 24.5 Å². The molecule has 4 aromatic rings. The Morgan fingerprint density at radius 3 is 2.88 bits per heavy atom. The maximum atomic E-state index is 12.7. The van der Waals surface area contributed by atoms with Gasteiger partial charge in [0.25, 0.3) is 5.56 Å². The number of anilines is 2. The molecule has 9 heteroatoms. The summed E-state index contributed by atoms with van der Waals surface area (Å²) in [6, 6.07) is 9.85. The van der Waals surface area contributed by atoms with Gasteiger partial charge in [0.05, 0.1) is 34.8 Å². The number of aromatic amines is 1. The van der Waals surface area contributed by atoms with Crippen LogP contribution in [0.25, 0.3) is 22.0 Å². The molecular formula is C23H22ClN7O. The average Bonchev–Trinajstić information content (AvgIpc) is 3.38. The van der Waals surface area contributed by atoms with E-state index >= 15 is 0 Å². The molecule has 162 valence electrons. The van der Waals surface area contributed by atoms with Crippen LogP contribution in [0.1, 0.15) is 31.7 Å². The molecule has 3 heterocycles. The summed E-state index contributed by atoms with van der Waals surface area (Å²) in [7, 11) is 1.86. The lowest BCUT2D eigenvalue weighted by molar-refractivity contribution is 0.277. The first-order chi connectivity index (χ1) is 15.5. The third-order valence-electron chi connectivity index (χ3n) is 6.09. The number of fused-ring (bicyclic) bond motifs is 1. The van der Waals surface area contributed by atoms with Crippen LogP contribution >= 0.6 is 11.6 Å². The third kappa shape index (κ3) is 3.55. The second kappa shape index (κ2) is 8.17. The van der Waals surface area contributed by atoms with Gasteiger partial charge in [0.1, 0.15) is 5.39 Å². The molecule has 1 aromatic carbocycles. The number of hydrogen-bond acceptors (Lipinski definition) is 5. The molecule has 2 N–H and O–H groups in total. The highest BCUT2D eigenvalue weighted by molar-refractivity contribution is 6.33. The van der Waals surface area contributed by atoms with Crippen molar-refractivity contribution in [2.75, 3.05) is 5.32 Å². The monoisotopic (exact) mass is 447 g/mol. The Bertz CT molecular complexity index is 1390. The van der Waals surface area contributed by atoms with Gasteiger partial charge in [-0.15, -0.1) is 0 Å². The summed E-state index contributed by atoms with van der Waals surface area (Å²) in [6.07, 6.45) is 9.09. The highest BCUT2D eigenvalue weighted by atomic mass is 35.5. The lowest BCUT2D eigenvalue weighted by Crippen LogP contribution is -2.23. The predicted octanol–water partition coefficient (Wildman–Crippen LogP) is 4.78. The van der Waals surface area contributed by atoms with E-state index < -0.39 is 0 Å². The number of nitrogens with one attached hydrogen (secondary N) is 2. The van der Waals surface area contributed by atoms with Crippen molar-refractivity contribution in [3.63, 3.8) is 0 Å². The Labute approximate surface area is 189 Å². The molecule has 0 aliphatic heterocycles. The number of nitriles is 1. The summed E-state index contributed by atoms with van der Waals surface area (Å²) >= 11 is 6.55. The fraction of sp³-hybridized carbons (Fsp3) is 0.304. The second-order valence-corrected chi connectivity index (χ2v) is 8.58. The van der Waals surface area contributed by atoms with Crippen LogP contribution < -0.4 is 10.9 Å². The van der Waals surface area contributed by atoms with Gasteiger partial charge < -0.3 is 10.3 Å². The van der Waals surface area contributed by atoms with Crippen molar-refractivity contribution < 1.29 is 0 Å². The summed E-state index contributed by atoms with van der Waals surface area (Å²) in [6.45, 7) is 0. The van der Waals surface area contributed by atoms with Gasteiger partial charge in [-0.1, -0.05) is 30.5 Å². The molecule has 0 spiro atoms. The number of benzene rings is 1. The summed E-state index contributed by atoms with van der Waals surface area (Å²) in [5, 5.41) is 22.9. The highest BCUT2D eigenvalue weighted by Crippen LogP contribution is 2.37. The molecule has 0 saturated heterocycles. The molecular weight excluding hydrogens is 426 g/mol. The van der Waals surface area contributed by atoms with E-state index in [1.807, 2.05) is 42.2 Å². The maximum absolute atomic E-state index is 12.7. The normalized spacial score (nSPS) is 18.5. The molecule has 2 atom stereocenters. The van der Waals surface area contributed by atoms with Crippen LogP contribution in [0.4, 0.5) is 11.5 Å². The fourth-order valence-corrected chi connectivity index (χ4v) is 4.81. The summed E-state index contributed by atoms with van der Waals surface area (Å²) in [4.78, 5) is 15.4. The minimum absolute atomic E-state index is 0.0508. The van der Waals surface area contributed by atoms with Gasteiger partial charge in [-0.3, -0.25) is 14.2 Å². The molecule has 32 heavy (non-hydrogen) atoms. The summed E-state index contributed by atoms with van der Waals surface area (Å²) in [5.41, 5.74) is 3.02. The largest absolute Gasteiger partial charge is 0.338 e. The third-order valence-corrected chi connectivity index (χ3v) is 6.40. The van der Waals surface area contributed by atoms with Crippen molar-refractivity contribution in [3.8, 4) is 17.2 Å². The van der Waals surface area contributed by atoms with Crippen LogP contribution in [-0.2, 0) is 7.05 Å². The van der Waals surface area contributed by atoms with Crippen molar-refractivity contribution >= 4 is 34.0 Å². The van der Waals surface area contributed by atoms with Crippen LogP contribution in [0.2, 0.25) is 5.02 Å². The minimum Gasteiger partial charge on any atom is -0.338 e. The molecule has 0 radical (unpaired) electrons. The average molecular weight is 448 g/mol. The van der Waals surface area contributed by atoms with Gasteiger partial charge in [-0.05, 0) is 31.0 Å². The lowest BCUT2D eigenvalue weighted by Gasteiger charge is -2.27. The maximum Gasteiger partial charge on any atom is 0.261 e. The molecule has 1 aliphatic carbocycles. The van der Waals surface area contributed by atoms with Gasteiger partial charge >= 0.3 is 0 Å². The van der Waals surface area contributed by atoms with E-state index in [1.165, 1.54) is 0 Å². The molecule has 2 unspecified atom stereocenters. The Hall–Kier alpha value is -3.57. The predicted molar refractivity (Wildman–Crippen MR) is 124 cm³/mol. The van der Waals surface area contributed by atoms with Crippen LogP contribution in [0.3, 0.4) is 0 Å². The molecule has 1 saturated carbocycles. The molecule has 0 amide bonds. The fourth-order valence-electron chi connectivity index (χ4n) is 4.52. The van der Waals surface area contributed by atoms with Crippen LogP contribution in [0.15, 0.2) is 47.7 Å². The molecule has 0 bridgehead atoms. The van der Waals surface area contributed by atoms with E-state index in [0.717, 1.165) is 48.0 Å². The van der Waals surface area contributed by atoms with E-state index in [-0.39, 0.29) is 17.5 Å². The van der Waals surface area contributed by atoms with Crippen LogP contribution in [0, 0.1) is 17.2 Å². The first-order valence-corrected chi connectivity index (χ1v) is 11.0. The van der Waals surface area contributed by atoms with Crippen molar-refractivity contribution in [3.05, 3.63) is 58.2 Å². The Morgan fingerprint density at radius 1 is 1.28 bits per heavy atom. The highest BCUT2D eigenvalue weighted by Gasteiger charge is 2.29. The second-order valence-electron chi connectivity index (χ2n) is 8.17. The smallest absolute Gasteiger partial charge is 0.261 e. The number of pyridine rings is 1. The van der Waals surface area contributed by atoms with Crippen molar-refractivity contribution in [2.24, 2.45) is 13.0 Å². The molecule has 1 fully saturated rings. The minimum atomic E-state index is -0.223. The van der Waals surface area contributed by atoms with E-state index in [0.29, 0.717) is 16.2 Å². The Morgan fingerprint density at radius 2 is 2.12 bits per heavy atom. The van der Waals surface area contributed by atoms with Crippen LogP contribution in [0.5, 0.6) is 0 Å². The molecule has 1 aliphatic rings. The topological polar surface area (TPSA) is 104 Å². The quantitative estimate of drug-likeness (QED) is 0.468. The Kier molecular flexibility index (Phi) is 5.19. The number of halogens is 1. The summed E-state index contributed by atoms with van der Waals surface area (Å²) < 4.78 is 3.58. The first-order valence-electron chi connectivity index (χ1n) is 10.6. The number of aromatic nitrogens is 5. The zero-order chi connectivity index (χ0) is 22.2. The van der Waals surface area contributed by atoms with Gasteiger partial charge in [0, 0.05) is 36.3 Å². The van der Waals surface area contributed by atoms with Gasteiger partial charge in [-0.2, -0.15) is 15.5 Å². The number of nitrogens with zero attached hydrogens (tertiary/aromatic N) is 5. The Balaban J connectivity index is 1.54. The summed E-state index contributed by atoms with van der Waals surface area (Å²) in [5.74, 6) is 0.335. The van der Waals surface area contributed by atoms with E-state index in [2.05, 4.69) is 21.5 Å². The SMILES string of the molecule is Cn1cc(-c2ccc(Nc3nn(C4CCCCC4C#N)c4cc[nH]c(=O)c34)cc2Cl)cn1. The van der Waals surface area contributed by atoms with E-state index in [1.54, 1.807) is 17.1 Å².